The number of nitrogens with two attached hydrogens (primary N) is 1. The highest BCUT2D eigenvalue weighted by molar-refractivity contribution is 5.87. The highest BCUT2D eigenvalue weighted by Gasteiger charge is 2.34. The van der Waals surface area contributed by atoms with Crippen molar-refractivity contribution < 1.29 is 4.79 Å². The predicted octanol–water partition coefficient (Wildman–Crippen LogP) is 3.25. The molecule has 1 amide bonds. The Balaban J connectivity index is 2.02. The molecular weight excluding hydrogens is 298 g/mol. The minimum Gasteiger partial charge on any atom is -0.371 e. The van der Waals surface area contributed by atoms with Gasteiger partial charge in [0, 0.05) is 18.8 Å². The molecular formula is C20H27N3O. The van der Waals surface area contributed by atoms with Gasteiger partial charge in [-0.25, -0.2) is 0 Å². The number of nitrogens with one attached hydrogen (secondary N) is 1. The van der Waals surface area contributed by atoms with Crippen molar-refractivity contribution in [2.45, 2.75) is 31.8 Å². The average Bonchev–Trinajstić information content (AvgIpc) is 2.60. The van der Waals surface area contributed by atoms with Crippen LogP contribution in [-0.4, -0.2) is 29.9 Å². The molecule has 3 N–H and O–H groups in total. The van der Waals surface area contributed by atoms with Crippen molar-refractivity contribution in [2.24, 2.45) is 5.73 Å². The molecule has 2 aromatic rings. The van der Waals surface area contributed by atoms with E-state index < -0.39 is 5.54 Å². The zero-order chi connectivity index (χ0) is 17.4. The van der Waals surface area contributed by atoms with Crippen LogP contribution in [0, 0.1) is 0 Å². The summed E-state index contributed by atoms with van der Waals surface area (Å²) in [7, 11) is 2.07. The summed E-state index contributed by atoms with van der Waals surface area (Å²) in [5.74, 6) is -0.304. The predicted molar refractivity (Wildman–Crippen MR) is 99.7 cm³/mol. The number of nitrogens with zero attached hydrogens (tertiary/aromatic N) is 1. The van der Waals surface area contributed by atoms with Crippen LogP contribution in [0.15, 0.2) is 60.7 Å². The largest absolute Gasteiger partial charge is 0.371 e. The number of anilines is 1. The Hall–Kier alpha value is -2.33. The van der Waals surface area contributed by atoms with Crippen molar-refractivity contribution in [3.05, 3.63) is 66.2 Å². The minimum atomic E-state index is -0.730. The first kappa shape index (κ1) is 18.0. The number of hydrogen-bond donors (Lipinski definition) is 2. The van der Waals surface area contributed by atoms with Crippen molar-refractivity contribution in [2.75, 3.05) is 18.9 Å². The molecule has 0 radical (unpaired) electrons. The summed E-state index contributed by atoms with van der Waals surface area (Å²) < 4.78 is 0. The molecule has 0 aromatic heterocycles. The van der Waals surface area contributed by atoms with Crippen LogP contribution >= 0.6 is 0 Å². The molecule has 1 unspecified atom stereocenters. The Morgan fingerprint density at radius 2 is 1.67 bits per heavy atom. The highest BCUT2D eigenvalue weighted by Crippen LogP contribution is 2.23. The first-order chi connectivity index (χ1) is 11.6. The van der Waals surface area contributed by atoms with E-state index in [-0.39, 0.29) is 5.91 Å². The topological polar surface area (TPSA) is 58.4 Å². The number of hydrogen-bond acceptors (Lipinski definition) is 3. The number of para-hydroxylation sites is 1. The molecule has 0 saturated carbocycles. The molecule has 0 heterocycles. The first-order valence-electron chi connectivity index (χ1n) is 8.41. The van der Waals surface area contributed by atoms with Gasteiger partial charge < -0.3 is 16.0 Å². The third-order valence-corrected chi connectivity index (χ3v) is 4.45. The first-order valence-corrected chi connectivity index (χ1v) is 8.41. The van der Waals surface area contributed by atoms with E-state index in [9.17, 15) is 4.79 Å². The van der Waals surface area contributed by atoms with Gasteiger partial charge in [0.2, 0.25) is 5.91 Å². The molecule has 24 heavy (non-hydrogen) atoms. The van der Waals surface area contributed by atoms with Gasteiger partial charge in [-0.3, -0.25) is 4.79 Å². The molecule has 0 aliphatic heterocycles. The second-order valence-electron chi connectivity index (χ2n) is 6.26. The summed E-state index contributed by atoms with van der Waals surface area (Å²) in [4.78, 5) is 14.4. The smallest absolute Gasteiger partial charge is 0.243 e. The Bertz CT molecular complexity index is 630. The monoisotopic (exact) mass is 325 g/mol. The lowest BCUT2D eigenvalue weighted by molar-refractivity contribution is -0.122. The van der Waals surface area contributed by atoms with E-state index >= 15 is 0 Å². The summed E-state index contributed by atoms with van der Waals surface area (Å²) >= 11 is 0. The molecule has 0 aliphatic rings. The van der Waals surface area contributed by atoms with Gasteiger partial charge in [-0.2, -0.15) is 0 Å². The van der Waals surface area contributed by atoms with Crippen molar-refractivity contribution in [3.63, 3.8) is 0 Å². The molecule has 0 bridgehead atoms. The fourth-order valence-electron chi connectivity index (χ4n) is 2.84. The number of amides is 1. The van der Waals surface area contributed by atoms with Crippen LogP contribution < -0.4 is 11.1 Å². The average molecular weight is 325 g/mol. The van der Waals surface area contributed by atoms with Crippen LogP contribution in [-0.2, 0) is 11.3 Å². The van der Waals surface area contributed by atoms with Crippen LogP contribution in [0.2, 0.25) is 0 Å². The third-order valence-electron chi connectivity index (χ3n) is 4.45. The van der Waals surface area contributed by atoms with Crippen molar-refractivity contribution in [3.8, 4) is 0 Å². The van der Waals surface area contributed by atoms with Crippen LogP contribution in [0.3, 0.4) is 0 Å². The zero-order valence-corrected chi connectivity index (χ0v) is 14.5. The number of benzene rings is 2. The lowest BCUT2D eigenvalue weighted by Gasteiger charge is -2.33. The van der Waals surface area contributed by atoms with Gasteiger partial charge in [-0.05, 0) is 37.6 Å². The zero-order valence-electron chi connectivity index (χ0n) is 14.5. The second kappa shape index (κ2) is 8.50. The SMILES string of the molecule is CCC(CCN(C)Cc1ccccc1)(Nc1ccccc1)C(N)=O. The maximum absolute atomic E-state index is 12.2. The van der Waals surface area contributed by atoms with Crippen LogP contribution in [0.4, 0.5) is 5.69 Å². The van der Waals surface area contributed by atoms with Crippen molar-refractivity contribution in [1.29, 1.82) is 0 Å². The molecule has 2 aromatic carbocycles. The second-order valence-corrected chi connectivity index (χ2v) is 6.26. The Labute approximate surface area is 144 Å². The molecule has 128 valence electrons. The molecule has 0 saturated heterocycles. The van der Waals surface area contributed by atoms with Gasteiger partial charge in [0.15, 0.2) is 0 Å². The number of carbonyl (C=O) groups excluding carboxylic acids is 1. The Morgan fingerprint density at radius 3 is 2.21 bits per heavy atom. The van der Waals surface area contributed by atoms with Crippen molar-refractivity contribution in [1.82, 2.24) is 4.90 Å². The van der Waals surface area contributed by atoms with Gasteiger partial charge in [0.05, 0.1) is 0 Å². The quantitative estimate of drug-likeness (QED) is 0.744. The van der Waals surface area contributed by atoms with E-state index in [1.54, 1.807) is 0 Å². The molecule has 0 spiro atoms. The summed E-state index contributed by atoms with van der Waals surface area (Å²) in [5.41, 5.74) is 7.20. The van der Waals surface area contributed by atoms with Gasteiger partial charge in [-0.15, -0.1) is 0 Å². The van der Waals surface area contributed by atoms with E-state index in [2.05, 4.69) is 29.4 Å². The fraction of sp³-hybridized carbons (Fsp3) is 0.350. The van der Waals surface area contributed by atoms with Gasteiger partial charge in [-0.1, -0.05) is 55.5 Å². The van der Waals surface area contributed by atoms with Crippen LogP contribution in [0.5, 0.6) is 0 Å². The van der Waals surface area contributed by atoms with E-state index in [1.165, 1.54) is 5.56 Å². The molecule has 1 atom stereocenters. The maximum Gasteiger partial charge on any atom is 0.243 e. The number of carbonyl (C=O) groups is 1. The summed E-state index contributed by atoms with van der Waals surface area (Å²) in [6, 6.07) is 20.1. The van der Waals surface area contributed by atoms with Gasteiger partial charge in [0.25, 0.3) is 0 Å². The van der Waals surface area contributed by atoms with Gasteiger partial charge in [0.1, 0.15) is 5.54 Å². The van der Waals surface area contributed by atoms with Gasteiger partial charge >= 0.3 is 0 Å². The minimum absolute atomic E-state index is 0.304. The molecule has 0 fully saturated rings. The van der Waals surface area contributed by atoms with Crippen molar-refractivity contribution >= 4 is 11.6 Å². The van der Waals surface area contributed by atoms with E-state index in [4.69, 9.17) is 5.73 Å². The normalized spacial score (nSPS) is 13.5. The number of primary amides is 1. The van der Waals surface area contributed by atoms with Crippen LogP contribution in [0.1, 0.15) is 25.3 Å². The van der Waals surface area contributed by atoms with E-state index in [0.29, 0.717) is 12.8 Å². The highest BCUT2D eigenvalue weighted by atomic mass is 16.1. The third kappa shape index (κ3) is 4.83. The fourth-order valence-corrected chi connectivity index (χ4v) is 2.84. The lowest BCUT2D eigenvalue weighted by Crippen LogP contribution is -2.51. The number of rotatable bonds is 9. The van der Waals surface area contributed by atoms with E-state index in [1.807, 2.05) is 55.5 Å². The lowest BCUT2D eigenvalue weighted by atomic mass is 9.90. The molecule has 4 heteroatoms. The molecule has 4 nitrogen and oxygen atoms in total. The Kier molecular flexibility index (Phi) is 6.38. The summed E-state index contributed by atoms with van der Waals surface area (Å²) in [6.07, 6.45) is 1.31. The molecule has 2 rings (SSSR count). The Morgan fingerprint density at radius 1 is 1.08 bits per heavy atom. The summed E-state index contributed by atoms with van der Waals surface area (Å²) in [6.45, 7) is 3.63. The molecule has 0 aliphatic carbocycles. The van der Waals surface area contributed by atoms with Crippen LogP contribution in [0.25, 0.3) is 0 Å². The maximum atomic E-state index is 12.2. The van der Waals surface area contributed by atoms with E-state index in [0.717, 1.165) is 18.8 Å². The summed E-state index contributed by atoms with van der Waals surface area (Å²) in [5, 5.41) is 3.36. The standard InChI is InChI=1S/C20H27N3O/c1-3-20(19(21)24,22-18-12-8-5-9-13-18)14-15-23(2)16-17-10-6-4-7-11-17/h4-13,22H,3,14-16H2,1-2H3,(H2,21,24).